The number of para-hydroxylation sites is 1. The monoisotopic (exact) mass is 279 g/mol. The molecule has 0 aliphatic heterocycles. The van der Waals surface area contributed by atoms with Gasteiger partial charge in [-0.2, -0.15) is 0 Å². The Hall–Kier alpha value is -1.88. The number of ether oxygens (including phenoxy) is 2. The highest BCUT2D eigenvalue weighted by molar-refractivity contribution is 5.96. The molecular formula is C15H21NO4. The number of nitrogens with zero attached hydrogens (tertiary/aromatic N) is 1. The van der Waals surface area contributed by atoms with Crippen molar-refractivity contribution >= 4 is 11.8 Å². The predicted molar refractivity (Wildman–Crippen MR) is 75.6 cm³/mol. The summed E-state index contributed by atoms with van der Waals surface area (Å²) in [7, 11) is 3.44. The average Bonchev–Trinajstić information content (AvgIpc) is 2.39. The number of likely N-dealkylation sites (N-methyl/N-ethyl adjacent to an activating group) is 1. The van der Waals surface area contributed by atoms with Crippen LogP contribution in [-0.2, 0) is 20.9 Å². The van der Waals surface area contributed by atoms with E-state index in [0.717, 1.165) is 11.3 Å². The summed E-state index contributed by atoms with van der Waals surface area (Å²) >= 11 is 0. The number of ketones is 1. The van der Waals surface area contributed by atoms with Gasteiger partial charge in [0.1, 0.15) is 12.2 Å². The van der Waals surface area contributed by atoms with Crippen molar-refractivity contribution in [2.24, 2.45) is 0 Å². The van der Waals surface area contributed by atoms with E-state index in [9.17, 15) is 9.59 Å². The Morgan fingerprint density at radius 1 is 1.25 bits per heavy atom. The van der Waals surface area contributed by atoms with Crippen molar-refractivity contribution < 1.29 is 19.1 Å². The van der Waals surface area contributed by atoms with Crippen LogP contribution in [-0.4, -0.2) is 44.0 Å². The third-order valence-corrected chi connectivity index (χ3v) is 2.73. The first-order chi connectivity index (χ1) is 9.56. The van der Waals surface area contributed by atoms with Crippen LogP contribution in [0.2, 0.25) is 0 Å². The van der Waals surface area contributed by atoms with Gasteiger partial charge in [-0.3, -0.25) is 14.5 Å². The van der Waals surface area contributed by atoms with Gasteiger partial charge in [0.15, 0.2) is 5.78 Å². The van der Waals surface area contributed by atoms with Gasteiger partial charge in [0.2, 0.25) is 0 Å². The zero-order valence-corrected chi connectivity index (χ0v) is 12.2. The standard InChI is InChI=1S/C15H21NO4/c1-4-20-15(18)9-13(17)11-16(2)10-12-7-5-6-8-14(12)19-3/h5-8H,4,9-11H2,1-3H3. The van der Waals surface area contributed by atoms with Crippen LogP contribution in [0.25, 0.3) is 0 Å². The molecule has 0 radical (unpaired) electrons. The predicted octanol–water partition coefficient (Wildman–Crippen LogP) is 1.65. The van der Waals surface area contributed by atoms with E-state index in [1.54, 1.807) is 14.0 Å². The first kappa shape index (κ1) is 16.2. The Bertz CT molecular complexity index is 459. The van der Waals surface area contributed by atoms with E-state index in [4.69, 9.17) is 9.47 Å². The summed E-state index contributed by atoms with van der Waals surface area (Å²) in [5.74, 6) is 0.168. The zero-order chi connectivity index (χ0) is 15.0. The maximum atomic E-state index is 11.7. The summed E-state index contributed by atoms with van der Waals surface area (Å²) in [6.45, 7) is 2.80. The van der Waals surface area contributed by atoms with Crippen molar-refractivity contribution in [2.45, 2.75) is 19.9 Å². The minimum Gasteiger partial charge on any atom is -0.496 e. The molecule has 110 valence electrons. The molecule has 0 amide bonds. The van der Waals surface area contributed by atoms with Gasteiger partial charge in [0.25, 0.3) is 0 Å². The first-order valence-corrected chi connectivity index (χ1v) is 6.54. The number of hydrogen-bond acceptors (Lipinski definition) is 5. The normalized spacial score (nSPS) is 10.4. The van der Waals surface area contributed by atoms with Crippen LogP contribution in [0, 0.1) is 0 Å². The van der Waals surface area contributed by atoms with Gasteiger partial charge < -0.3 is 9.47 Å². The summed E-state index contributed by atoms with van der Waals surface area (Å²) in [4.78, 5) is 24.8. The number of carbonyl (C=O) groups excluding carboxylic acids is 2. The summed E-state index contributed by atoms with van der Waals surface area (Å²) in [6, 6.07) is 7.65. The molecule has 5 nitrogen and oxygen atoms in total. The molecule has 0 N–H and O–H groups in total. The highest BCUT2D eigenvalue weighted by Gasteiger charge is 2.13. The smallest absolute Gasteiger partial charge is 0.313 e. The van der Waals surface area contributed by atoms with Gasteiger partial charge >= 0.3 is 5.97 Å². The number of methoxy groups -OCH3 is 1. The molecule has 0 unspecified atom stereocenters. The Balaban J connectivity index is 2.49. The lowest BCUT2D eigenvalue weighted by Crippen LogP contribution is -2.27. The first-order valence-electron chi connectivity index (χ1n) is 6.54. The largest absolute Gasteiger partial charge is 0.496 e. The molecule has 20 heavy (non-hydrogen) atoms. The van der Waals surface area contributed by atoms with Crippen molar-refractivity contribution in [3.05, 3.63) is 29.8 Å². The summed E-state index contributed by atoms with van der Waals surface area (Å²) in [5, 5.41) is 0. The van der Waals surface area contributed by atoms with Gasteiger partial charge in [-0.1, -0.05) is 18.2 Å². The Labute approximate surface area is 119 Å². The summed E-state index contributed by atoms with van der Waals surface area (Å²) in [6.07, 6.45) is -0.176. The summed E-state index contributed by atoms with van der Waals surface area (Å²) < 4.78 is 10.0. The Morgan fingerprint density at radius 2 is 1.95 bits per heavy atom. The maximum absolute atomic E-state index is 11.7. The van der Waals surface area contributed by atoms with Crippen molar-refractivity contribution in [2.75, 3.05) is 27.3 Å². The minimum atomic E-state index is -0.469. The van der Waals surface area contributed by atoms with E-state index < -0.39 is 5.97 Å². The SMILES string of the molecule is CCOC(=O)CC(=O)CN(C)Cc1ccccc1OC. The summed E-state index contributed by atoms with van der Waals surface area (Å²) in [5.41, 5.74) is 1.00. The molecular weight excluding hydrogens is 258 g/mol. The van der Waals surface area contributed by atoms with Crippen molar-refractivity contribution in [3.63, 3.8) is 0 Å². The molecule has 0 spiro atoms. The molecule has 1 aromatic rings. The third kappa shape index (κ3) is 5.40. The van der Waals surface area contributed by atoms with Gasteiger partial charge in [0, 0.05) is 12.1 Å². The lowest BCUT2D eigenvalue weighted by Gasteiger charge is -2.17. The Kier molecular flexibility index (Phi) is 6.73. The molecule has 0 saturated heterocycles. The third-order valence-electron chi connectivity index (χ3n) is 2.73. The molecule has 0 bridgehead atoms. The second-order valence-corrected chi connectivity index (χ2v) is 4.50. The van der Waals surface area contributed by atoms with E-state index in [0.29, 0.717) is 13.2 Å². The minimum absolute atomic E-state index is 0.152. The lowest BCUT2D eigenvalue weighted by atomic mass is 10.2. The average molecular weight is 279 g/mol. The highest BCUT2D eigenvalue weighted by Crippen LogP contribution is 2.18. The van der Waals surface area contributed by atoms with Crippen molar-refractivity contribution in [1.29, 1.82) is 0 Å². The number of carbonyl (C=O) groups is 2. The van der Waals surface area contributed by atoms with Gasteiger partial charge in [-0.05, 0) is 20.0 Å². The number of hydrogen-bond donors (Lipinski definition) is 0. The lowest BCUT2D eigenvalue weighted by molar-refractivity contribution is -0.145. The molecule has 0 saturated carbocycles. The van der Waals surface area contributed by atoms with Crippen LogP contribution >= 0.6 is 0 Å². The van der Waals surface area contributed by atoms with E-state index in [2.05, 4.69) is 0 Å². The quantitative estimate of drug-likeness (QED) is 0.535. The molecule has 0 aliphatic carbocycles. The Morgan fingerprint density at radius 3 is 2.60 bits per heavy atom. The van der Waals surface area contributed by atoms with E-state index >= 15 is 0 Å². The molecule has 0 atom stereocenters. The molecule has 1 aromatic carbocycles. The number of Topliss-reactive ketones (excluding diaryl/α,β-unsaturated/α-hetero) is 1. The number of rotatable bonds is 8. The van der Waals surface area contributed by atoms with Crippen LogP contribution in [0.3, 0.4) is 0 Å². The second kappa shape index (κ2) is 8.32. The molecule has 0 aliphatic rings. The van der Waals surface area contributed by atoms with Crippen LogP contribution in [0.4, 0.5) is 0 Å². The molecule has 0 heterocycles. The van der Waals surface area contributed by atoms with E-state index in [1.165, 1.54) is 0 Å². The van der Waals surface area contributed by atoms with Gasteiger partial charge in [-0.15, -0.1) is 0 Å². The van der Waals surface area contributed by atoms with Crippen molar-refractivity contribution in [3.8, 4) is 5.75 Å². The fourth-order valence-corrected chi connectivity index (χ4v) is 1.91. The highest BCUT2D eigenvalue weighted by atomic mass is 16.5. The topological polar surface area (TPSA) is 55.8 Å². The van der Waals surface area contributed by atoms with Crippen LogP contribution in [0.5, 0.6) is 5.75 Å². The van der Waals surface area contributed by atoms with E-state index in [-0.39, 0.29) is 18.7 Å². The molecule has 0 aromatic heterocycles. The van der Waals surface area contributed by atoms with Crippen molar-refractivity contribution in [1.82, 2.24) is 4.90 Å². The number of esters is 1. The maximum Gasteiger partial charge on any atom is 0.313 e. The van der Waals surface area contributed by atoms with Crippen LogP contribution < -0.4 is 4.74 Å². The fourth-order valence-electron chi connectivity index (χ4n) is 1.91. The van der Waals surface area contributed by atoms with E-state index in [1.807, 2.05) is 36.2 Å². The second-order valence-electron chi connectivity index (χ2n) is 4.50. The van der Waals surface area contributed by atoms with Crippen LogP contribution in [0.15, 0.2) is 24.3 Å². The molecule has 1 rings (SSSR count). The van der Waals surface area contributed by atoms with Gasteiger partial charge in [0.05, 0.1) is 20.3 Å². The van der Waals surface area contributed by atoms with Gasteiger partial charge in [-0.25, -0.2) is 0 Å². The molecule has 0 fully saturated rings. The fraction of sp³-hybridized carbons (Fsp3) is 0.467. The van der Waals surface area contributed by atoms with Crippen LogP contribution in [0.1, 0.15) is 18.9 Å². The number of benzene rings is 1. The molecule has 5 heteroatoms. The zero-order valence-electron chi connectivity index (χ0n) is 12.2.